The molecule has 1 amide bonds. The van der Waals surface area contributed by atoms with Crippen LogP contribution in [0.3, 0.4) is 0 Å². The third-order valence-corrected chi connectivity index (χ3v) is 7.76. The quantitative estimate of drug-likeness (QED) is 0.331. The first-order valence-electron chi connectivity index (χ1n) is 10.5. The Bertz CT molecular complexity index is 1450. The average molecular weight is 513 g/mol. The summed E-state index contributed by atoms with van der Waals surface area (Å²) in [7, 11) is -4.09. The van der Waals surface area contributed by atoms with Crippen LogP contribution in [0.4, 0.5) is 5.69 Å². The third-order valence-electron chi connectivity index (χ3n) is 5.43. The summed E-state index contributed by atoms with van der Waals surface area (Å²) in [6, 6.07) is 24.6. The average Bonchev–Trinajstić information content (AvgIpc) is 2.83. The van der Waals surface area contributed by atoms with E-state index in [4.69, 9.17) is 23.2 Å². The van der Waals surface area contributed by atoms with Crippen molar-refractivity contribution in [3.8, 4) is 0 Å². The van der Waals surface area contributed by atoms with Crippen molar-refractivity contribution in [3.05, 3.63) is 106 Å². The van der Waals surface area contributed by atoms with Gasteiger partial charge in [0.1, 0.15) is 6.54 Å². The van der Waals surface area contributed by atoms with Gasteiger partial charge in [-0.25, -0.2) is 8.42 Å². The van der Waals surface area contributed by atoms with Crippen molar-refractivity contribution in [2.24, 2.45) is 0 Å². The van der Waals surface area contributed by atoms with E-state index in [0.29, 0.717) is 5.02 Å². The Balaban J connectivity index is 1.63. The fraction of sp³-hybridized carbons (Fsp3) is 0.115. The molecule has 4 aromatic rings. The SMILES string of the molecule is Cc1ccc(S(=O)(=O)N(CC(=O)NCc2cccc3ccccc23)c2cc(Cl)ccc2Cl)cc1. The smallest absolute Gasteiger partial charge is 0.264 e. The molecule has 4 aromatic carbocycles. The van der Waals surface area contributed by atoms with Crippen LogP contribution in [-0.2, 0) is 21.4 Å². The fourth-order valence-electron chi connectivity index (χ4n) is 3.64. The molecule has 174 valence electrons. The standard InChI is InChI=1S/C26H22Cl2N2O3S/c1-18-9-12-22(13-10-18)34(32,33)30(25-15-21(27)11-14-24(25)28)17-26(31)29-16-20-7-4-6-19-5-2-3-8-23(19)20/h2-15H,16-17H2,1H3,(H,29,31). The molecule has 0 unspecified atom stereocenters. The molecule has 1 N–H and O–H groups in total. The van der Waals surface area contributed by atoms with E-state index in [1.807, 2.05) is 49.4 Å². The monoisotopic (exact) mass is 512 g/mol. The number of carbonyl (C=O) groups is 1. The van der Waals surface area contributed by atoms with Crippen LogP contribution in [0.1, 0.15) is 11.1 Å². The van der Waals surface area contributed by atoms with Gasteiger partial charge in [0.15, 0.2) is 0 Å². The number of benzene rings is 4. The van der Waals surface area contributed by atoms with Gasteiger partial charge in [-0.2, -0.15) is 0 Å². The number of anilines is 1. The van der Waals surface area contributed by atoms with Crippen LogP contribution >= 0.6 is 23.2 Å². The zero-order chi connectivity index (χ0) is 24.3. The molecule has 34 heavy (non-hydrogen) atoms. The molecule has 0 aliphatic heterocycles. The molecule has 5 nitrogen and oxygen atoms in total. The van der Waals surface area contributed by atoms with Gasteiger partial charge < -0.3 is 5.32 Å². The molecule has 0 aliphatic carbocycles. The molecule has 0 aromatic heterocycles. The van der Waals surface area contributed by atoms with Crippen molar-refractivity contribution in [2.45, 2.75) is 18.4 Å². The predicted octanol–water partition coefficient (Wildman–Crippen LogP) is 5.97. The maximum atomic E-state index is 13.5. The van der Waals surface area contributed by atoms with Gasteiger partial charge in [0.05, 0.1) is 15.6 Å². The maximum absolute atomic E-state index is 13.5. The van der Waals surface area contributed by atoms with E-state index >= 15 is 0 Å². The summed E-state index contributed by atoms with van der Waals surface area (Å²) in [4.78, 5) is 13.0. The van der Waals surface area contributed by atoms with Gasteiger partial charge in [-0.05, 0) is 53.6 Å². The first-order chi connectivity index (χ1) is 16.3. The molecule has 4 rings (SSSR count). The molecule has 0 fully saturated rings. The molecule has 0 atom stereocenters. The van der Waals surface area contributed by atoms with Crippen molar-refractivity contribution >= 4 is 55.6 Å². The van der Waals surface area contributed by atoms with Crippen LogP contribution < -0.4 is 9.62 Å². The van der Waals surface area contributed by atoms with Gasteiger partial charge >= 0.3 is 0 Å². The highest BCUT2D eigenvalue weighted by molar-refractivity contribution is 7.92. The topological polar surface area (TPSA) is 66.5 Å². The van der Waals surface area contributed by atoms with E-state index < -0.39 is 22.5 Å². The second-order valence-corrected chi connectivity index (χ2v) is 10.5. The highest BCUT2D eigenvalue weighted by atomic mass is 35.5. The van der Waals surface area contributed by atoms with E-state index in [-0.39, 0.29) is 22.2 Å². The minimum absolute atomic E-state index is 0.0518. The number of halogens is 2. The summed E-state index contributed by atoms with van der Waals surface area (Å²) in [6.45, 7) is 1.66. The highest BCUT2D eigenvalue weighted by Crippen LogP contribution is 2.33. The number of hydrogen-bond donors (Lipinski definition) is 1. The Morgan fingerprint density at radius 1 is 0.912 bits per heavy atom. The number of nitrogens with zero attached hydrogens (tertiary/aromatic N) is 1. The summed E-state index contributed by atoms with van der Waals surface area (Å²) in [6.07, 6.45) is 0. The van der Waals surface area contributed by atoms with Gasteiger partial charge in [-0.15, -0.1) is 0 Å². The summed E-state index contributed by atoms with van der Waals surface area (Å²) in [5, 5.41) is 5.39. The lowest BCUT2D eigenvalue weighted by atomic mass is 10.0. The van der Waals surface area contributed by atoms with E-state index in [9.17, 15) is 13.2 Å². The number of rotatable bonds is 7. The number of carbonyl (C=O) groups excluding carboxylic acids is 1. The third kappa shape index (κ3) is 5.20. The predicted molar refractivity (Wildman–Crippen MR) is 138 cm³/mol. The lowest BCUT2D eigenvalue weighted by molar-refractivity contribution is -0.119. The summed E-state index contributed by atoms with van der Waals surface area (Å²) < 4.78 is 28.1. The summed E-state index contributed by atoms with van der Waals surface area (Å²) >= 11 is 12.5. The molecule has 0 spiro atoms. The Kier molecular flexibility index (Phi) is 7.12. The molecule has 0 saturated heterocycles. The minimum atomic E-state index is -4.09. The van der Waals surface area contributed by atoms with Gasteiger partial charge in [-0.1, -0.05) is 83.4 Å². The van der Waals surface area contributed by atoms with Crippen LogP contribution in [0.15, 0.2) is 89.8 Å². The lowest BCUT2D eigenvalue weighted by Crippen LogP contribution is -2.40. The van der Waals surface area contributed by atoms with E-state index in [0.717, 1.165) is 26.2 Å². The van der Waals surface area contributed by atoms with Crippen molar-refractivity contribution in [1.82, 2.24) is 5.32 Å². The van der Waals surface area contributed by atoms with Crippen LogP contribution in [0, 0.1) is 6.92 Å². The second kappa shape index (κ2) is 10.1. The van der Waals surface area contributed by atoms with E-state index in [2.05, 4.69) is 5.32 Å². The Hall–Kier alpha value is -3.06. The molecule has 0 saturated carbocycles. The fourth-order valence-corrected chi connectivity index (χ4v) is 5.51. The molecular weight excluding hydrogens is 491 g/mol. The Morgan fingerprint density at radius 2 is 1.62 bits per heavy atom. The van der Waals surface area contributed by atoms with Crippen LogP contribution in [0.25, 0.3) is 10.8 Å². The van der Waals surface area contributed by atoms with Crippen molar-refractivity contribution < 1.29 is 13.2 Å². The number of aryl methyl sites for hydroxylation is 1. The normalized spacial score (nSPS) is 11.4. The van der Waals surface area contributed by atoms with Crippen LogP contribution in [-0.4, -0.2) is 20.9 Å². The molecular formula is C26H22Cl2N2O3S. The van der Waals surface area contributed by atoms with E-state index in [1.165, 1.54) is 24.3 Å². The largest absolute Gasteiger partial charge is 0.350 e. The maximum Gasteiger partial charge on any atom is 0.264 e. The Morgan fingerprint density at radius 3 is 2.38 bits per heavy atom. The second-order valence-electron chi connectivity index (χ2n) is 7.84. The van der Waals surface area contributed by atoms with Gasteiger partial charge in [0.25, 0.3) is 10.0 Å². The zero-order valence-electron chi connectivity index (χ0n) is 18.3. The van der Waals surface area contributed by atoms with Crippen LogP contribution in [0.2, 0.25) is 10.0 Å². The molecule has 0 aliphatic rings. The van der Waals surface area contributed by atoms with Crippen molar-refractivity contribution in [3.63, 3.8) is 0 Å². The minimum Gasteiger partial charge on any atom is -0.350 e. The number of nitrogens with one attached hydrogen (secondary N) is 1. The number of sulfonamides is 1. The number of fused-ring (bicyclic) bond motifs is 1. The molecule has 8 heteroatoms. The van der Waals surface area contributed by atoms with Crippen LogP contribution in [0.5, 0.6) is 0 Å². The summed E-state index contributed by atoms with van der Waals surface area (Å²) in [5.41, 5.74) is 1.98. The van der Waals surface area contributed by atoms with Crippen molar-refractivity contribution in [2.75, 3.05) is 10.8 Å². The lowest BCUT2D eigenvalue weighted by Gasteiger charge is -2.25. The first kappa shape index (κ1) is 24.1. The highest BCUT2D eigenvalue weighted by Gasteiger charge is 2.29. The summed E-state index contributed by atoms with van der Waals surface area (Å²) in [5.74, 6) is -0.473. The van der Waals surface area contributed by atoms with Gasteiger partial charge in [0.2, 0.25) is 5.91 Å². The molecule has 0 heterocycles. The Labute approximate surface area is 209 Å². The molecule has 0 radical (unpaired) electrons. The van der Waals surface area contributed by atoms with E-state index in [1.54, 1.807) is 18.2 Å². The van der Waals surface area contributed by atoms with Gasteiger partial charge in [-0.3, -0.25) is 9.10 Å². The number of amides is 1. The van der Waals surface area contributed by atoms with Gasteiger partial charge in [0, 0.05) is 11.6 Å². The first-order valence-corrected chi connectivity index (χ1v) is 12.7. The molecule has 0 bridgehead atoms. The van der Waals surface area contributed by atoms with Crippen molar-refractivity contribution in [1.29, 1.82) is 0 Å². The zero-order valence-corrected chi connectivity index (χ0v) is 20.7. The number of hydrogen-bond acceptors (Lipinski definition) is 3.